The van der Waals surface area contributed by atoms with Crippen molar-refractivity contribution in [1.82, 2.24) is 9.55 Å². The Kier molecular flexibility index (Phi) is 4.81. The molecule has 0 unspecified atom stereocenters. The van der Waals surface area contributed by atoms with Crippen molar-refractivity contribution in [3.05, 3.63) is 83.1 Å². The van der Waals surface area contributed by atoms with Crippen molar-refractivity contribution in [3.8, 4) is 0 Å². The third-order valence-corrected chi connectivity index (χ3v) is 4.56. The number of nitrogens with one attached hydrogen (secondary N) is 1. The molecule has 0 saturated carbocycles. The van der Waals surface area contributed by atoms with Crippen LogP contribution in [0.15, 0.2) is 59.2 Å². The Morgan fingerprint density at radius 1 is 1.17 bits per heavy atom. The third-order valence-electron chi connectivity index (χ3n) is 4.56. The summed E-state index contributed by atoms with van der Waals surface area (Å²) in [7, 11) is 0. The first-order valence-electron chi connectivity index (χ1n) is 8.90. The number of benzene rings is 2. The molecule has 2 heterocycles. The van der Waals surface area contributed by atoms with Crippen molar-refractivity contribution in [3.63, 3.8) is 0 Å². The zero-order chi connectivity index (χ0) is 21.5. The molecule has 0 fully saturated rings. The average molecular weight is 417 g/mol. The Labute approximate surface area is 167 Å². The van der Waals surface area contributed by atoms with Gasteiger partial charge in [0.25, 0.3) is 5.91 Å². The van der Waals surface area contributed by atoms with Crippen LogP contribution in [-0.2, 0) is 12.7 Å². The van der Waals surface area contributed by atoms with Crippen LogP contribution < -0.4 is 5.32 Å². The highest BCUT2D eigenvalue weighted by Crippen LogP contribution is 2.32. The molecule has 0 aliphatic rings. The Bertz CT molecular complexity index is 1230. The Morgan fingerprint density at radius 2 is 1.97 bits per heavy atom. The average Bonchev–Trinajstić information content (AvgIpc) is 3.31. The molecule has 2 aromatic heterocycles. The SMILES string of the molecule is Cc1ccc(F)c(C(=O)Nc2nc3cc(C(F)(F)F)ccc3n2Cc2ccco2)c1. The molecule has 9 heteroatoms. The number of carbonyl (C=O) groups excluding carboxylic acids is 1. The van der Waals surface area contributed by atoms with Crippen LogP contribution in [0, 0.1) is 12.7 Å². The summed E-state index contributed by atoms with van der Waals surface area (Å²) < 4.78 is 60.1. The molecule has 1 amide bonds. The van der Waals surface area contributed by atoms with E-state index >= 15 is 0 Å². The van der Waals surface area contributed by atoms with Gasteiger partial charge in [-0.2, -0.15) is 13.2 Å². The van der Waals surface area contributed by atoms with Crippen LogP contribution in [0.4, 0.5) is 23.5 Å². The first kappa shape index (κ1) is 19.7. The van der Waals surface area contributed by atoms with E-state index in [1.165, 1.54) is 35.1 Å². The van der Waals surface area contributed by atoms with Gasteiger partial charge in [0.15, 0.2) is 0 Å². The summed E-state index contributed by atoms with van der Waals surface area (Å²) in [4.78, 5) is 16.8. The van der Waals surface area contributed by atoms with Gasteiger partial charge in [-0.25, -0.2) is 9.37 Å². The number of amides is 1. The summed E-state index contributed by atoms with van der Waals surface area (Å²) in [6.07, 6.45) is -3.08. The number of nitrogens with zero attached hydrogens (tertiary/aromatic N) is 2. The van der Waals surface area contributed by atoms with E-state index in [1.54, 1.807) is 19.1 Å². The maximum Gasteiger partial charge on any atom is 0.416 e. The van der Waals surface area contributed by atoms with Gasteiger partial charge < -0.3 is 8.98 Å². The summed E-state index contributed by atoms with van der Waals surface area (Å²) in [6, 6.07) is 10.5. The Balaban J connectivity index is 1.78. The summed E-state index contributed by atoms with van der Waals surface area (Å²) in [5.41, 5.74) is 0.0270. The predicted molar refractivity (Wildman–Crippen MR) is 102 cm³/mol. The molecular weight excluding hydrogens is 402 g/mol. The molecule has 0 atom stereocenters. The molecule has 4 aromatic rings. The summed E-state index contributed by atoms with van der Waals surface area (Å²) >= 11 is 0. The number of aryl methyl sites for hydroxylation is 1. The van der Waals surface area contributed by atoms with Gasteiger partial charge in [0.2, 0.25) is 5.95 Å². The van der Waals surface area contributed by atoms with E-state index in [0.29, 0.717) is 16.8 Å². The summed E-state index contributed by atoms with van der Waals surface area (Å²) in [5.74, 6) is -0.993. The fraction of sp³-hybridized carbons (Fsp3) is 0.143. The van der Waals surface area contributed by atoms with Crippen molar-refractivity contribution in [1.29, 1.82) is 0 Å². The molecular formula is C21H15F4N3O2. The quantitative estimate of drug-likeness (QED) is 0.453. The molecule has 0 radical (unpaired) electrons. The minimum atomic E-state index is -4.53. The Hall–Kier alpha value is -3.62. The number of furan rings is 1. The largest absolute Gasteiger partial charge is 0.467 e. The van der Waals surface area contributed by atoms with E-state index in [9.17, 15) is 22.4 Å². The highest BCUT2D eigenvalue weighted by Gasteiger charge is 2.31. The predicted octanol–water partition coefficient (Wildman–Crippen LogP) is 5.40. The lowest BCUT2D eigenvalue weighted by Crippen LogP contribution is -2.17. The van der Waals surface area contributed by atoms with Gasteiger partial charge in [0.05, 0.1) is 35.0 Å². The van der Waals surface area contributed by atoms with Crippen LogP contribution in [0.3, 0.4) is 0 Å². The molecule has 0 saturated heterocycles. The van der Waals surface area contributed by atoms with Gasteiger partial charge in [0.1, 0.15) is 11.6 Å². The standard InChI is InChI=1S/C21H15F4N3O2/c1-12-4-6-16(22)15(9-12)19(29)27-20-26-17-10-13(21(23,24)25)5-7-18(17)28(20)11-14-3-2-8-30-14/h2-10H,11H2,1H3,(H,26,27,29). The van der Waals surface area contributed by atoms with Gasteiger partial charge in [-0.1, -0.05) is 11.6 Å². The van der Waals surface area contributed by atoms with Crippen LogP contribution in [0.25, 0.3) is 11.0 Å². The van der Waals surface area contributed by atoms with E-state index in [4.69, 9.17) is 4.42 Å². The minimum Gasteiger partial charge on any atom is -0.467 e. The van der Waals surface area contributed by atoms with Crippen molar-refractivity contribution < 1.29 is 26.8 Å². The number of alkyl halides is 3. The lowest BCUT2D eigenvalue weighted by molar-refractivity contribution is -0.137. The number of fused-ring (bicyclic) bond motifs is 1. The second kappa shape index (κ2) is 7.33. The van der Waals surface area contributed by atoms with Crippen molar-refractivity contribution in [2.45, 2.75) is 19.6 Å². The normalized spacial score (nSPS) is 11.8. The van der Waals surface area contributed by atoms with Gasteiger partial charge in [0, 0.05) is 0 Å². The van der Waals surface area contributed by atoms with Gasteiger partial charge >= 0.3 is 6.18 Å². The lowest BCUT2D eigenvalue weighted by Gasteiger charge is -2.10. The third kappa shape index (κ3) is 3.78. The van der Waals surface area contributed by atoms with Gasteiger partial charge in [-0.3, -0.25) is 10.1 Å². The molecule has 2 aromatic carbocycles. The first-order chi connectivity index (χ1) is 14.2. The summed E-state index contributed by atoms with van der Waals surface area (Å²) in [6.45, 7) is 1.82. The van der Waals surface area contributed by atoms with E-state index in [1.807, 2.05) is 0 Å². The fourth-order valence-electron chi connectivity index (χ4n) is 3.10. The van der Waals surface area contributed by atoms with E-state index in [2.05, 4.69) is 10.3 Å². The number of halogens is 4. The number of hydrogen-bond acceptors (Lipinski definition) is 3. The number of anilines is 1. The first-order valence-corrected chi connectivity index (χ1v) is 8.90. The van der Waals surface area contributed by atoms with Crippen LogP contribution in [-0.4, -0.2) is 15.5 Å². The smallest absolute Gasteiger partial charge is 0.416 e. The van der Waals surface area contributed by atoms with Crippen molar-refractivity contribution >= 4 is 22.9 Å². The highest BCUT2D eigenvalue weighted by molar-refractivity contribution is 6.04. The second-order valence-corrected chi connectivity index (χ2v) is 6.74. The molecule has 154 valence electrons. The topological polar surface area (TPSA) is 60.1 Å². The molecule has 0 aliphatic carbocycles. The maximum atomic E-state index is 14.1. The molecule has 0 bridgehead atoms. The molecule has 30 heavy (non-hydrogen) atoms. The van der Waals surface area contributed by atoms with E-state index < -0.39 is 23.5 Å². The van der Waals surface area contributed by atoms with Crippen molar-refractivity contribution in [2.24, 2.45) is 0 Å². The van der Waals surface area contributed by atoms with Crippen molar-refractivity contribution in [2.75, 3.05) is 5.32 Å². The highest BCUT2D eigenvalue weighted by atomic mass is 19.4. The number of carbonyl (C=O) groups is 1. The van der Waals surface area contributed by atoms with Crippen LogP contribution >= 0.6 is 0 Å². The maximum absolute atomic E-state index is 14.1. The molecule has 1 N–H and O–H groups in total. The number of hydrogen-bond donors (Lipinski definition) is 1. The van der Waals surface area contributed by atoms with E-state index in [-0.39, 0.29) is 23.6 Å². The Morgan fingerprint density at radius 3 is 2.67 bits per heavy atom. The molecule has 0 aliphatic heterocycles. The lowest BCUT2D eigenvalue weighted by atomic mass is 10.1. The number of imidazole rings is 1. The number of rotatable bonds is 4. The monoisotopic (exact) mass is 417 g/mol. The van der Waals surface area contributed by atoms with Gasteiger partial charge in [-0.15, -0.1) is 0 Å². The zero-order valence-corrected chi connectivity index (χ0v) is 15.6. The van der Waals surface area contributed by atoms with Crippen LogP contribution in [0.2, 0.25) is 0 Å². The van der Waals surface area contributed by atoms with Crippen LogP contribution in [0.1, 0.15) is 27.2 Å². The van der Waals surface area contributed by atoms with Gasteiger partial charge in [-0.05, 0) is 49.4 Å². The molecule has 0 spiro atoms. The second-order valence-electron chi connectivity index (χ2n) is 6.74. The summed E-state index contributed by atoms with van der Waals surface area (Å²) in [5, 5.41) is 2.50. The molecule has 5 nitrogen and oxygen atoms in total. The van der Waals surface area contributed by atoms with E-state index in [0.717, 1.165) is 12.1 Å². The minimum absolute atomic E-state index is 0.0216. The fourth-order valence-corrected chi connectivity index (χ4v) is 3.10. The zero-order valence-electron chi connectivity index (χ0n) is 15.6. The van der Waals surface area contributed by atoms with Crippen LogP contribution in [0.5, 0.6) is 0 Å². The molecule has 4 rings (SSSR count). The number of aromatic nitrogens is 2.